The molecule has 2 N–H and O–H groups in total. The molecule has 0 fully saturated rings. The van der Waals surface area contributed by atoms with Gasteiger partial charge in [0.05, 0.1) is 24.4 Å². The first-order valence-electron chi connectivity index (χ1n) is 9.31. The van der Waals surface area contributed by atoms with Crippen LogP contribution >= 0.6 is 0 Å². The molecule has 29 heavy (non-hydrogen) atoms. The third-order valence-electron chi connectivity index (χ3n) is 4.48. The summed E-state index contributed by atoms with van der Waals surface area (Å²) in [5, 5.41) is 4.25. The molecular formula is C23H22N4O2. The predicted octanol–water partition coefficient (Wildman–Crippen LogP) is 4.90. The third-order valence-corrected chi connectivity index (χ3v) is 4.48. The summed E-state index contributed by atoms with van der Waals surface area (Å²) in [6, 6.07) is 21.8. The van der Waals surface area contributed by atoms with Crippen molar-refractivity contribution in [1.29, 1.82) is 0 Å². The quantitative estimate of drug-likeness (QED) is 0.350. The molecule has 4 aromatic rings. The summed E-state index contributed by atoms with van der Waals surface area (Å²) < 4.78 is 11.4. The van der Waals surface area contributed by atoms with Crippen LogP contribution in [0.15, 0.2) is 71.8 Å². The van der Waals surface area contributed by atoms with E-state index in [1.54, 1.807) is 13.3 Å². The average molecular weight is 386 g/mol. The molecule has 6 heteroatoms. The van der Waals surface area contributed by atoms with E-state index in [0.717, 1.165) is 22.2 Å². The van der Waals surface area contributed by atoms with Gasteiger partial charge in [0.25, 0.3) is 0 Å². The van der Waals surface area contributed by atoms with Gasteiger partial charge in [-0.15, -0.1) is 0 Å². The third kappa shape index (κ3) is 4.55. The Morgan fingerprint density at radius 2 is 1.86 bits per heavy atom. The second kappa shape index (κ2) is 8.48. The van der Waals surface area contributed by atoms with Gasteiger partial charge in [-0.2, -0.15) is 5.10 Å². The lowest BCUT2D eigenvalue weighted by molar-refractivity contribution is 0.284. The number of rotatable bonds is 7. The van der Waals surface area contributed by atoms with E-state index in [2.05, 4.69) is 51.7 Å². The largest absolute Gasteiger partial charge is 0.493 e. The number of H-pyrrole nitrogens is 1. The molecular weight excluding hydrogens is 364 g/mol. The lowest BCUT2D eigenvalue weighted by atomic mass is 10.2. The monoisotopic (exact) mass is 386 g/mol. The van der Waals surface area contributed by atoms with Crippen molar-refractivity contribution in [1.82, 2.24) is 9.97 Å². The second-order valence-corrected chi connectivity index (χ2v) is 6.66. The number of nitrogens with zero attached hydrogens (tertiary/aromatic N) is 2. The van der Waals surface area contributed by atoms with Crippen molar-refractivity contribution in [2.24, 2.45) is 5.10 Å². The Morgan fingerprint density at radius 3 is 2.66 bits per heavy atom. The second-order valence-electron chi connectivity index (χ2n) is 6.66. The molecule has 146 valence electrons. The Kier molecular flexibility index (Phi) is 5.42. The summed E-state index contributed by atoms with van der Waals surface area (Å²) in [4.78, 5) is 7.59. The Morgan fingerprint density at radius 1 is 1.03 bits per heavy atom. The lowest BCUT2D eigenvalue weighted by Gasteiger charge is -2.11. The first-order valence-corrected chi connectivity index (χ1v) is 9.31. The zero-order valence-electron chi connectivity index (χ0n) is 16.3. The number of benzene rings is 3. The highest BCUT2D eigenvalue weighted by Crippen LogP contribution is 2.28. The fraction of sp³-hybridized carbons (Fsp3) is 0.130. The molecule has 0 unspecified atom stereocenters. The van der Waals surface area contributed by atoms with Crippen molar-refractivity contribution in [3.05, 3.63) is 83.4 Å². The molecule has 0 aliphatic rings. The van der Waals surface area contributed by atoms with E-state index in [1.807, 2.05) is 42.5 Å². The molecule has 3 aromatic carbocycles. The van der Waals surface area contributed by atoms with Crippen LogP contribution in [0.2, 0.25) is 0 Å². The number of hydrazone groups is 1. The maximum Gasteiger partial charge on any atom is 0.222 e. The van der Waals surface area contributed by atoms with Crippen LogP contribution in [0, 0.1) is 6.92 Å². The van der Waals surface area contributed by atoms with Gasteiger partial charge in [-0.3, -0.25) is 0 Å². The van der Waals surface area contributed by atoms with Gasteiger partial charge >= 0.3 is 0 Å². The van der Waals surface area contributed by atoms with Crippen LogP contribution in [0.5, 0.6) is 11.5 Å². The minimum Gasteiger partial charge on any atom is -0.493 e. The van der Waals surface area contributed by atoms with Crippen LogP contribution in [-0.2, 0) is 6.61 Å². The molecule has 4 rings (SSSR count). The zero-order chi connectivity index (χ0) is 20.1. The topological polar surface area (TPSA) is 71.5 Å². The Hall–Kier alpha value is -3.80. The Bertz CT molecular complexity index is 1100. The van der Waals surface area contributed by atoms with E-state index < -0.39 is 0 Å². The number of para-hydroxylation sites is 2. The van der Waals surface area contributed by atoms with E-state index in [9.17, 15) is 0 Å². The van der Waals surface area contributed by atoms with Crippen molar-refractivity contribution in [2.45, 2.75) is 13.5 Å². The molecule has 0 bridgehead atoms. The highest BCUT2D eigenvalue weighted by atomic mass is 16.5. The molecule has 0 saturated heterocycles. The fourth-order valence-corrected chi connectivity index (χ4v) is 2.90. The maximum absolute atomic E-state index is 5.92. The number of ether oxygens (including phenoxy) is 2. The number of methoxy groups -OCH3 is 1. The van der Waals surface area contributed by atoms with Crippen molar-refractivity contribution in [2.75, 3.05) is 12.5 Å². The van der Waals surface area contributed by atoms with Gasteiger partial charge < -0.3 is 14.5 Å². The predicted molar refractivity (Wildman–Crippen MR) is 116 cm³/mol. The van der Waals surface area contributed by atoms with E-state index >= 15 is 0 Å². The molecule has 0 aliphatic carbocycles. The molecule has 0 saturated carbocycles. The fourth-order valence-electron chi connectivity index (χ4n) is 2.90. The summed E-state index contributed by atoms with van der Waals surface area (Å²) in [6.07, 6.45) is 1.71. The number of aromatic amines is 1. The van der Waals surface area contributed by atoms with Crippen LogP contribution in [0.25, 0.3) is 11.0 Å². The van der Waals surface area contributed by atoms with Crippen LogP contribution in [0.1, 0.15) is 16.7 Å². The highest BCUT2D eigenvalue weighted by Gasteiger charge is 2.06. The molecule has 0 spiro atoms. The summed E-state index contributed by atoms with van der Waals surface area (Å²) in [7, 11) is 1.63. The van der Waals surface area contributed by atoms with Crippen molar-refractivity contribution >= 4 is 23.2 Å². The minimum absolute atomic E-state index is 0.484. The normalized spacial score (nSPS) is 11.1. The Labute approximate surface area is 169 Å². The molecule has 0 radical (unpaired) electrons. The zero-order valence-corrected chi connectivity index (χ0v) is 16.3. The van der Waals surface area contributed by atoms with Gasteiger partial charge in [0.2, 0.25) is 5.95 Å². The molecule has 0 aliphatic heterocycles. The first kappa shape index (κ1) is 18.6. The summed E-state index contributed by atoms with van der Waals surface area (Å²) in [6.45, 7) is 2.55. The van der Waals surface area contributed by atoms with E-state index in [1.165, 1.54) is 5.56 Å². The van der Waals surface area contributed by atoms with Crippen molar-refractivity contribution in [3.8, 4) is 11.5 Å². The van der Waals surface area contributed by atoms with E-state index in [0.29, 0.717) is 24.1 Å². The average Bonchev–Trinajstić information content (AvgIpc) is 3.16. The van der Waals surface area contributed by atoms with Crippen molar-refractivity contribution in [3.63, 3.8) is 0 Å². The maximum atomic E-state index is 5.92. The summed E-state index contributed by atoms with van der Waals surface area (Å²) in [5.41, 5.74) is 7.99. The number of aromatic nitrogens is 2. The van der Waals surface area contributed by atoms with Crippen molar-refractivity contribution < 1.29 is 9.47 Å². The molecule has 6 nitrogen and oxygen atoms in total. The van der Waals surface area contributed by atoms with Gasteiger partial charge in [-0.1, -0.05) is 42.0 Å². The number of hydrogen-bond acceptors (Lipinski definition) is 5. The Balaban J connectivity index is 1.41. The number of hydrogen-bond donors (Lipinski definition) is 2. The number of anilines is 1. The van der Waals surface area contributed by atoms with Crippen LogP contribution < -0.4 is 14.9 Å². The molecule has 0 atom stereocenters. The van der Waals surface area contributed by atoms with Crippen LogP contribution in [0.3, 0.4) is 0 Å². The SMILES string of the molecule is COc1cc(/C=N\Nc2nc3ccccc3[nH]2)ccc1OCc1ccc(C)cc1. The van der Waals surface area contributed by atoms with Gasteiger partial charge in [-0.05, 0) is 48.4 Å². The number of nitrogens with one attached hydrogen (secondary N) is 2. The first-order chi connectivity index (χ1) is 14.2. The van der Waals surface area contributed by atoms with Gasteiger partial charge in [0.15, 0.2) is 11.5 Å². The van der Waals surface area contributed by atoms with Gasteiger partial charge in [0, 0.05) is 0 Å². The minimum atomic E-state index is 0.484. The summed E-state index contributed by atoms with van der Waals surface area (Å²) >= 11 is 0. The number of imidazole rings is 1. The van der Waals surface area contributed by atoms with Crippen LogP contribution in [-0.4, -0.2) is 23.3 Å². The lowest BCUT2D eigenvalue weighted by Crippen LogP contribution is -1.99. The van der Waals surface area contributed by atoms with Gasteiger partial charge in [-0.25, -0.2) is 10.4 Å². The van der Waals surface area contributed by atoms with Gasteiger partial charge in [0.1, 0.15) is 6.61 Å². The molecule has 1 aromatic heterocycles. The standard InChI is InChI=1S/C23H22N4O2/c1-16-7-9-17(10-8-16)15-29-21-12-11-18(13-22(21)28-2)14-24-27-23-25-19-5-3-4-6-20(19)26-23/h3-14H,15H2,1-2H3,(H2,25,26,27)/b24-14-. The number of fused-ring (bicyclic) bond motifs is 1. The smallest absolute Gasteiger partial charge is 0.222 e. The molecule has 0 amide bonds. The van der Waals surface area contributed by atoms with Crippen LogP contribution in [0.4, 0.5) is 5.95 Å². The van der Waals surface area contributed by atoms with E-state index in [4.69, 9.17) is 9.47 Å². The summed E-state index contributed by atoms with van der Waals surface area (Å²) in [5.74, 6) is 1.94. The van der Waals surface area contributed by atoms with E-state index in [-0.39, 0.29) is 0 Å². The molecule has 1 heterocycles. The number of aryl methyl sites for hydroxylation is 1. The highest BCUT2D eigenvalue weighted by molar-refractivity contribution is 5.82.